The van der Waals surface area contributed by atoms with Gasteiger partial charge in [0, 0.05) is 29.1 Å². The van der Waals surface area contributed by atoms with Gasteiger partial charge in [-0.3, -0.25) is 9.59 Å². The van der Waals surface area contributed by atoms with Crippen molar-refractivity contribution in [1.82, 2.24) is 10.6 Å². The Labute approximate surface area is 193 Å². The molecule has 7 nitrogen and oxygen atoms in total. The van der Waals surface area contributed by atoms with Gasteiger partial charge in [0.15, 0.2) is 24.3 Å². The summed E-state index contributed by atoms with van der Waals surface area (Å²) >= 11 is 0. The largest absolute Gasteiger partial charge is 0.484 e. The minimum absolute atomic E-state index is 0.0597. The first-order valence-corrected chi connectivity index (χ1v) is 10.9. The molecule has 180 valence electrons. The third kappa shape index (κ3) is 3.96. The minimum Gasteiger partial charge on any atom is -0.484 e. The second-order valence-electron chi connectivity index (χ2n) is 9.49. The Morgan fingerprint density at radius 3 is 2.44 bits per heavy atom. The second kappa shape index (κ2) is 7.90. The highest BCUT2D eigenvalue weighted by molar-refractivity contribution is 5.84. The molecule has 2 atom stereocenters. The van der Waals surface area contributed by atoms with Crippen LogP contribution in [0.3, 0.4) is 0 Å². The van der Waals surface area contributed by atoms with E-state index in [0.29, 0.717) is 30.6 Å². The summed E-state index contributed by atoms with van der Waals surface area (Å²) in [4.78, 5) is 25.0. The van der Waals surface area contributed by atoms with E-state index in [0.717, 1.165) is 12.1 Å². The van der Waals surface area contributed by atoms with Gasteiger partial charge in [-0.15, -0.1) is 0 Å². The fourth-order valence-electron chi connectivity index (χ4n) is 5.18. The molecule has 0 spiro atoms. The normalized spacial score (nSPS) is 28.5. The number of hydrogen-bond donors (Lipinski definition) is 3. The van der Waals surface area contributed by atoms with Crippen molar-refractivity contribution in [2.45, 2.75) is 55.9 Å². The van der Waals surface area contributed by atoms with E-state index in [4.69, 9.17) is 9.47 Å². The number of aliphatic hydroxyl groups excluding tert-OH is 1. The van der Waals surface area contributed by atoms with E-state index in [2.05, 4.69) is 10.6 Å². The van der Waals surface area contributed by atoms with Gasteiger partial charge in [-0.25, -0.2) is 13.2 Å². The molecule has 2 bridgehead atoms. The van der Waals surface area contributed by atoms with E-state index >= 15 is 0 Å². The average molecular weight is 476 g/mol. The number of nitrogens with one attached hydrogen (secondary N) is 2. The Hall–Kier alpha value is -3.27. The molecule has 3 saturated carbocycles. The third-order valence-electron chi connectivity index (χ3n) is 6.73. The molecule has 10 heteroatoms. The predicted molar refractivity (Wildman–Crippen MR) is 113 cm³/mol. The number of ether oxygens (including phenoxy) is 2. The second-order valence-corrected chi connectivity index (χ2v) is 9.49. The fourth-order valence-corrected chi connectivity index (χ4v) is 5.18. The van der Waals surface area contributed by atoms with Crippen LogP contribution in [0.2, 0.25) is 0 Å². The Bertz CT molecular complexity index is 1170. The molecule has 2 aromatic carbocycles. The van der Waals surface area contributed by atoms with Crippen LogP contribution in [0, 0.1) is 24.4 Å². The molecule has 1 aliphatic heterocycles. The maximum absolute atomic E-state index is 13.5. The first kappa shape index (κ1) is 22.5. The van der Waals surface area contributed by atoms with Gasteiger partial charge in [0.1, 0.15) is 17.3 Å². The molecular formula is C24H23F3N2O5. The number of amides is 2. The van der Waals surface area contributed by atoms with Gasteiger partial charge in [-0.1, -0.05) is 0 Å². The molecule has 34 heavy (non-hydrogen) atoms. The number of carbonyl (C=O) groups excluding carboxylic acids is 2. The lowest BCUT2D eigenvalue weighted by Gasteiger charge is -2.70. The van der Waals surface area contributed by atoms with E-state index in [-0.39, 0.29) is 36.1 Å². The van der Waals surface area contributed by atoms with Crippen LogP contribution in [0.15, 0.2) is 30.3 Å². The predicted octanol–water partition coefficient (Wildman–Crippen LogP) is 2.58. The van der Waals surface area contributed by atoms with Crippen LogP contribution in [0.1, 0.15) is 42.9 Å². The van der Waals surface area contributed by atoms with Crippen LogP contribution in [-0.4, -0.2) is 40.7 Å². The van der Waals surface area contributed by atoms with Crippen molar-refractivity contribution in [2.75, 3.05) is 6.61 Å². The summed E-state index contributed by atoms with van der Waals surface area (Å²) in [5.41, 5.74) is -0.354. The Balaban J connectivity index is 1.11. The first-order chi connectivity index (χ1) is 16.1. The van der Waals surface area contributed by atoms with E-state index in [1.165, 1.54) is 18.2 Å². The lowest BCUT2D eigenvalue weighted by Crippen LogP contribution is -2.84. The molecule has 0 saturated heterocycles. The molecule has 1 heterocycles. The van der Waals surface area contributed by atoms with Gasteiger partial charge in [-0.05, 0) is 56.0 Å². The van der Waals surface area contributed by atoms with Crippen molar-refractivity contribution in [3.63, 3.8) is 0 Å². The van der Waals surface area contributed by atoms with Crippen molar-refractivity contribution in [1.29, 1.82) is 0 Å². The van der Waals surface area contributed by atoms with Crippen LogP contribution in [0.25, 0.3) is 0 Å². The quantitative estimate of drug-likeness (QED) is 0.596. The molecule has 2 amide bonds. The molecular weight excluding hydrogens is 453 g/mol. The van der Waals surface area contributed by atoms with E-state index < -0.39 is 40.8 Å². The topological polar surface area (TPSA) is 96.9 Å². The van der Waals surface area contributed by atoms with Gasteiger partial charge < -0.3 is 25.2 Å². The number of benzene rings is 2. The summed E-state index contributed by atoms with van der Waals surface area (Å²) in [6.07, 6.45) is -0.656. The Kier molecular flexibility index (Phi) is 5.23. The van der Waals surface area contributed by atoms with Crippen LogP contribution in [0.5, 0.6) is 11.5 Å². The van der Waals surface area contributed by atoms with E-state index in [1.807, 2.05) is 0 Å². The lowest BCUT2D eigenvalue weighted by molar-refractivity contribution is -0.155. The molecule has 3 fully saturated rings. The van der Waals surface area contributed by atoms with Crippen LogP contribution >= 0.6 is 0 Å². The fraction of sp³-hybridized carbons (Fsp3) is 0.417. The molecule has 0 radical (unpaired) electrons. The van der Waals surface area contributed by atoms with Crippen LogP contribution < -0.4 is 20.1 Å². The number of hydrogen-bond acceptors (Lipinski definition) is 5. The van der Waals surface area contributed by atoms with Crippen molar-refractivity contribution in [3.8, 4) is 11.5 Å². The SMILES string of the molecule is Cc1cc(OCC(=O)NC23CC(NC(=O)[C@H]4C[C@@H](O)c5cc(F)c(F)cc5O4)(C2)C3)ccc1F. The number of carbonyl (C=O) groups is 2. The van der Waals surface area contributed by atoms with Crippen LogP contribution in [0.4, 0.5) is 13.2 Å². The number of aryl methyl sites for hydroxylation is 1. The highest BCUT2D eigenvalue weighted by atomic mass is 19.2. The number of halogens is 3. The summed E-state index contributed by atoms with van der Waals surface area (Å²) in [5.74, 6) is -3.00. The highest BCUT2D eigenvalue weighted by Gasteiger charge is 2.69. The zero-order chi connectivity index (χ0) is 24.3. The summed E-state index contributed by atoms with van der Waals surface area (Å²) in [7, 11) is 0. The lowest BCUT2D eigenvalue weighted by atomic mass is 9.44. The molecule has 2 aromatic rings. The standard InChI is InChI=1S/C24H23F3N2O5/c1-12-4-13(2-3-15(12)25)33-8-21(31)28-23-9-24(10-23,11-23)29-22(32)20-7-18(30)14-5-16(26)17(27)6-19(14)34-20/h2-6,18,20,30H,7-11H2,1H3,(H,28,31)(H,29,32)/t18-,20-,23?,24?/m1/s1. The Morgan fingerprint density at radius 2 is 1.74 bits per heavy atom. The summed E-state index contributed by atoms with van der Waals surface area (Å²) in [5, 5.41) is 16.1. The van der Waals surface area contributed by atoms with Crippen LogP contribution in [-0.2, 0) is 9.59 Å². The maximum atomic E-state index is 13.5. The highest BCUT2D eigenvalue weighted by Crippen LogP contribution is 2.60. The molecule has 0 unspecified atom stereocenters. The summed E-state index contributed by atoms with van der Waals surface area (Å²) in [6, 6.07) is 5.95. The molecule has 0 aromatic heterocycles. The summed E-state index contributed by atoms with van der Waals surface area (Å²) < 4.78 is 51.2. The first-order valence-electron chi connectivity index (χ1n) is 10.9. The van der Waals surface area contributed by atoms with Gasteiger partial charge in [-0.2, -0.15) is 0 Å². The monoisotopic (exact) mass is 476 g/mol. The molecule has 4 aliphatic rings. The zero-order valence-corrected chi connectivity index (χ0v) is 18.3. The number of fused-ring (bicyclic) bond motifs is 1. The van der Waals surface area contributed by atoms with Crippen molar-refractivity contribution in [3.05, 3.63) is 58.9 Å². The molecule has 3 aliphatic carbocycles. The third-order valence-corrected chi connectivity index (χ3v) is 6.73. The number of aliphatic hydroxyl groups is 1. The van der Waals surface area contributed by atoms with Gasteiger partial charge in [0.05, 0.1) is 6.10 Å². The van der Waals surface area contributed by atoms with E-state index in [9.17, 15) is 27.9 Å². The van der Waals surface area contributed by atoms with Gasteiger partial charge in [0.2, 0.25) is 0 Å². The summed E-state index contributed by atoms with van der Waals surface area (Å²) in [6.45, 7) is 1.39. The smallest absolute Gasteiger partial charge is 0.261 e. The van der Waals surface area contributed by atoms with Crippen molar-refractivity contribution in [2.24, 2.45) is 0 Å². The molecule has 3 N–H and O–H groups in total. The Morgan fingerprint density at radius 1 is 1.06 bits per heavy atom. The average Bonchev–Trinajstić information content (AvgIpc) is 2.73. The van der Waals surface area contributed by atoms with Gasteiger partial charge in [0.25, 0.3) is 11.8 Å². The molecule has 6 rings (SSSR count). The van der Waals surface area contributed by atoms with Gasteiger partial charge >= 0.3 is 0 Å². The maximum Gasteiger partial charge on any atom is 0.261 e. The van der Waals surface area contributed by atoms with Crippen molar-refractivity contribution >= 4 is 11.8 Å². The number of rotatable bonds is 6. The van der Waals surface area contributed by atoms with Crippen molar-refractivity contribution < 1.29 is 37.3 Å². The zero-order valence-electron chi connectivity index (χ0n) is 18.3. The van der Waals surface area contributed by atoms with E-state index in [1.54, 1.807) is 6.92 Å². The minimum atomic E-state index is -1.15.